The molecule has 0 atom stereocenters. The van der Waals surface area contributed by atoms with E-state index < -0.39 is 4.92 Å². The van der Waals surface area contributed by atoms with Gasteiger partial charge >= 0.3 is 0 Å². The molecule has 0 saturated carbocycles. The number of ether oxygens (including phenoxy) is 2. The number of fused-ring (bicyclic) bond motifs is 1. The first-order valence-electron chi connectivity index (χ1n) is 4.78. The Hall–Kier alpha value is -2.84. The molecule has 9 nitrogen and oxygen atoms in total. The van der Waals surface area contributed by atoms with Crippen LogP contribution in [0.4, 0.5) is 5.69 Å². The van der Waals surface area contributed by atoms with E-state index in [9.17, 15) is 10.1 Å². The van der Waals surface area contributed by atoms with Crippen molar-refractivity contribution in [3.63, 3.8) is 0 Å². The summed E-state index contributed by atoms with van der Waals surface area (Å²) < 4.78 is 10.2. The van der Waals surface area contributed by atoms with Crippen LogP contribution in [0.2, 0.25) is 0 Å². The number of nitrogens with zero attached hydrogens (tertiary/aromatic N) is 3. The second-order valence-corrected chi connectivity index (χ2v) is 3.29. The fourth-order valence-electron chi connectivity index (χ4n) is 1.37. The van der Waals surface area contributed by atoms with Crippen LogP contribution in [-0.4, -0.2) is 23.9 Å². The lowest BCUT2D eigenvalue weighted by Gasteiger charge is -1.99. The van der Waals surface area contributed by atoms with E-state index in [1.807, 2.05) is 0 Å². The second kappa shape index (κ2) is 4.57. The van der Waals surface area contributed by atoms with E-state index in [1.54, 1.807) is 0 Å². The summed E-state index contributed by atoms with van der Waals surface area (Å²) in [5.74, 6) is 0.488. The van der Waals surface area contributed by atoms with Crippen LogP contribution < -0.4 is 20.9 Å². The normalized spacial score (nSPS) is 12.7. The minimum Gasteiger partial charge on any atom is -0.454 e. The van der Waals surface area contributed by atoms with Gasteiger partial charge in [-0.25, -0.2) is 0 Å². The summed E-state index contributed by atoms with van der Waals surface area (Å²) in [6.07, 6.45) is 1.17. The molecular weight excluding hydrogens is 242 g/mol. The Kier molecular flexibility index (Phi) is 2.96. The molecule has 0 aromatic heterocycles. The van der Waals surface area contributed by atoms with E-state index >= 15 is 0 Å². The van der Waals surface area contributed by atoms with Crippen molar-refractivity contribution in [3.05, 3.63) is 27.8 Å². The summed E-state index contributed by atoms with van der Waals surface area (Å²) in [5.41, 5.74) is 10.2. The van der Waals surface area contributed by atoms with E-state index in [2.05, 4.69) is 10.2 Å². The van der Waals surface area contributed by atoms with Crippen LogP contribution in [0.1, 0.15) is 5.56 Å². The summed E-state index contributed by atoms with van der Waals surface area (Å²) in [6, 6.07) is 2.70. The highest BCUT2D eigenvalue weighted by molar-refractivity contribution is 5.87. The second-order valence-electron chi connectivity index (χ2n) is 3.29. The molecule has 1 aromatic rings. The molecule has 4 N–H and O–H groups in total. The number of hydrogen-bond acceptors (Lipinski definition) is 6. The molecule has 2 rings (SSSR count). The summed E-state index contributed by atoms with van der Waals surface area (Å²) >= 11 is 0. The van der Waals surface area contributed by atoms with Crippen LogP contribution in [0, 0.1) is 10.1 Å². The summed E-state index contributed by atoms with van der Waals surface area (Å²) in [7, 11) is 0. The fourth-order valence-corrected chi connectivity index (χ4v) is 1.37. The SMILES string of the molecule is NC(N)=N/N=C/c1cc2c(cc1[N+](=O)[O-])OCO2. The van der Waals surface area contributed by atoms with Gasteiger partial charge in [0.05, 0.1) is 22.8 Å². The van der Waals surface area contributed by atoms with Gasteiger partial charge in [0.15, 0.2) is 11.5 Å². The average molecular weight is 251 g/mol. The highest BCUT2D eigenvalue weighted by Gasteiger charge is 2.22. The van der Waals surface area contributed by atoms with Gasteiger partial charge in [0.1, 0.15) is 0 Å². The first-order valence-corrected chi connectivity index (χ1v) is 4.78. The first kappa shape index (κ1) is 11.6. The zero-order valence-electron chi connectivity index (χ0n) is 9.07. The molecular formula is C9H9N5O4. The van der Waals surface area contributed by atoms with E-state index in [0.717, 1.165) is 0 Å². The Balaban J connectivity index is 2.42. The van der Waals surface area contributed by atoms with Gasteiger partial charge in [-0.1, -0.05) is 0 Å². The third-order valence-electron chi connectivity index (χ3n) is 2.09. The molecule has 0 bridgehead atoms. The van der Waals surface area contributed by atoms with Crippen LogP contribution in [0.25, 0.3) is 0 Å². The smallest absolute Gasteiger partial charge is 0.282 e. The van der Waals surface area contributed by atoms with Gasteiger partial charge < -0.3 is 20.9 Å². The van der Waals surface area contributed by atoms with Gasteiger partial charge in [-0.2, -0.15) is 5.10 Å². The molecule has 1 aliphatic rings. The lowest BCUT2D eigenvalue weighted by molar-refractivity contribution is -0.385. The number of rotatable bonds is 3. The zero-order chi connectivity index (χ0) is 13.1. The molecule has 0 amide bonds. The molecule has 0 saturated heterocycles. The third-order valence-corrected chi connectivity index (χ3v) is 2.09. The van der Waals surface area contributed by atoms with Crippen molar-refractivity contribution in [1.82, 2.24) is 0 Å². The quantitative estimate of drug-likeness (QED) is 0.333. The van der Waals surface area contributed by atoms with E-state index in [0.29, 0.717) is 11.5 Å². The van der Waals surface area contributed by atoms with E-state index in [4.69, 9.17) is 20.9 Å². The first-order chi connectivity index (χ1) is 8.58. The van der Waals surface area contributed by atoms with Crippen LogP contribution in [0.15, 0.2) is 22.3 Å². The molecule has 1 heterocycles. The summed E-state index contributed by atoms with van der Waals surface area (Å²) in [5, 5.41) is 17.8. The number of hydrogen-bond donors (Lipinski definition) is 2. The molecule has 0 unspecified atom stereocenters. The monoisotopic (exact) mass is 251 g/mol. The molecule has 0 aliphatic carbocycles. The van der Waals surface area contributed by atoms with Crippen molar-refractivity contribution < 1.29 is 14.4 Å². The largest absolute Gasteiger partial charge is 0.454 e. The minimum atomic E-state index is -0.557. The minimum absolute atomic E-state index is 0.0288. The van der Waals surface area contributed by atoms with Crippen LogP contribution in [0.5, 0.6) is 11.5 Å². The van der Waals surface area contributed by atoms with Gasteiger partial charge in [-0.3, -0.25) is 10.1 Å². The van der Waals surface area contributed by atoms with Crippen molar-refractivity contribution in [1.29, 1.82) is 0 Å². The Labute approximate surface area is 101 Å². The Morgan fingerprint density at radius 2 is 2.06 bits per heavy atom. The highest BCUT2D eigenvalue weighted by atomic mass is 16.7. The predicted octanol–water partition coefficient (Wildman–Crippen LogP) is -0.0692. The number of nitro benzene ring substituents is 1. The van der Waals surface area contributed by atoms with Crippen LogP contribution >= 0.6 is 0 Å². The lowest BCUT2D eigenvalue weighted by Crippen LogP contribution is -2.21. The highest BCUT2D eigenvalue weighted by Crippen LogP contribution is 2.37. The molecule has 0 radical (unpaired) electrons. The van der Waals surface area contributed by atoms with E-state index in [-0.39, 0.29) is 24.0 Å². The van der Waals surface area contributed by atoms with Crippen molar-refractivity contribution in [2.45, 2.75) is 0 Å². The Morgan fingerprint density at radius 3 is 2.67 bits per heavy atom. The maximum Gasteiger partial charge on any atom is 0.282 e. The number of nitrogens with two attached hydrogens (primary N) is 2. The lowest BCUT2D eigenvalue weighted by atomic mass is 10.1. The van der Waals surface area contributed by atoms with Crippen molar-refractivity contribution in [2.24, 2.45) is 21.7 Å². The molecule has 18 heavy (non-hydrogen) atoms. The zero-order valence-corrected chi connectivity index (χ0v) is 9.07. The fraction of sp³-hybridized carbons (Fsp3) is 0.111. The predicted molar refractivity (Wildman–Crippen MR) is 62.6 cm³/mol. The van der Waals surface area contributed by atoms with Gasteiger partial charge in [-0.15, -0.1) is 5.10 Å². The van der Waals surface area contributed by atoms with Gasteiger partial charge in [-0.05, 0) is 6.07 Å². The van der Waals surface area contributed by atoms with Crippen molar-refractivity contribution >= 4 is 17.9 Å². The van der Waals surface area contributed by atoms with Gasteiger partial charge in [0.2, 0.25) is 12.8 Å². The maximum atomic E-state index is 10.9. The summed E-state index contributed by atoms with van der Waals surface area (Å²) in [6.45, 7) is 0.0288. The number of benzene rings is 1. The summed E-state index contributed by atoms with van der Waals surface area (Å²) in [4.78, 5) is 10.3. The van der Waals surface area contributed by atoms with Gasteiger partial charge in [0.25, 0.3) is 5.69 Å². The van der Waals surface area contributed by atoms with Crippen molar-refractivity contribution in [3.8, 4) is 11.5 Å². The van der Waals surface area contributed by atoms with Crippen molar-refractivity contribution in [2.75, 3.05) is 6.79 Å². The number of guanidine groups is 1. The number of nitro groups is 1. The maximum absolute atomic E-state index is 10.9. The molecule has 1 aromatic carbocycles. The molecule has 94 valence electrons. The Bertz CT molecular complexity index is 550. The average Bonchev–Trinajstić information content (AvgIpc) is 2.74. The standard InChI is InChI=1S/C9H9N5O4/c10-9(11)13-12-3-5-1-7-8(18-4-17-7)2-6(5)14(15)16/h1-3H,4H2,(H4,10,11,13)/b12-3+. The third kappa shape index (κ3) is 2.29. The molecule has 0 fully saturated rings. The molecule has 9 heteroatoms. The van der Waals surface area contributed by atoms with Gasteiger partial charge in [0, 0.05) is 0 Å². The molecule has 1 aliphatic heterocycles. The van der Waals surface area contributed by atoms with Crippen LogP contribution in [0.3, 0.4) is 0 Å². The molecule has 0 spiro atoms. The Morgan fingerprint density at radius 1 is 1.39 bits per heavy atom. The van der Waals surface area contributed by atoms with E-state index in [1.165, 1.54) is 18.3 Å². The van der Waals surface area contributed by atoms with Crippen LogP contribution in [-0.2, 0) is 0 Å². The topological polar surface area (TPSA) is 138 Å².